The number of fused-ring (bicyclic) bond motifs is 13. The Kier molecular flexibility index (Phi) is 14.6. The summed E-state index contributed by atoms with van der Waals surface area (Å²) >= 11 is 0. The van der Waals surface area contributed by atoms with E-state index in [0.29, 0.717) is 65.4 Å². The van der Waals surface area contributed by atoms with Gasteiger partial charge in [0.05, 0.1) is 25.4 Å². The van der Waals surface area contributed by atoms with E-state index in [-0.39, 0.29) is 96.7 Å². The van der Waals surface area contributed by atoms with Crippen molar-refractivity contribution < 1.29 is 48.3 Å². The summed E-state index contributed by atoms with van der Waals surface area (Å²) in [7, 11) is 1.53. The van der Waals surface area contributed by atoms with Crippen LogP contribution >= 0.6 is 0 Å². The lowest BCUT2D eigenvalue weighted by Crippen LogP contribution is -2.64. The van der Waals surface area contributed by atoms with Gasteiger partial charge in [-0.2, -0.15) is 0 Å². The quantitative estimate of drug-likeness (QED) is 0.0576. The highest BCUT2D eigenvalue weighted by Gasteiger charge is 2.69. The van der Waals surface area contributed by atoms with Crippen LogP contribution in [0, 0.1) is 35.0 Å². The van der Waals surface area contributed by atoms with E-state index >= 15 is 9.59 Å². The van der Waals surface area contributed by atoms with Crippen LogP contribution in [0.2, 0.25) is 0 Å². The molecule has 10 aliphatic rings. The van der Waals surface area contributed by atoms with Crippen molar-refractivity contribution in [1.82, 2.24) is 0 Å². The highest BCUT2D eigenvalue weighted by Crippen LogP contribution is 2.69. The van der Waals surface area contributed by atoms with Crippen LogP contribution in [0.3, 0.4) is 0 Å². The maximum Gasteiger partial charge on any atom is 0.340 e. The zero-order chi connectivity index (χ0) is 61.2. The van der Waals surface area contributed by atoms with E-state index in [4.69, 9.17) is 23.4 Å². The Balaban J connectivity index is 0.903. The van der Waals surface area contributed by atoms with Crippen molar-refractivity contribution in [2.24, 2.45) is 35.0 Å². The van der Waals surface area contributed by atoms with Crippen LogP contribution in [-0.2, 0) is 61.5 Å². The molecule has 4 heterocycles. The molecule has 6 bridgehead atoms. The van der Waals surface area contributed by atoms with Crippen LogP contribution in [0.15, 0.2) is 148 Å². The van der Waals surface area contributed by atoms with Gasteiger partial charge in [-0.15, -0.1) is 0 Å². The second kappa shape index (κ2) is 22.6. The lowest BCUT2D eigenvalue weighted by molar-refractivity contribution is -0.210. The highest BCUT2D eigenvalue weighted by molar-refractivity contribution is 5.91. The van der Waals surface area contributed by atoms with Crippen molar-refractivity contribution in [2.75, 3.05) is 26.9 Å². The van der Waals surface area contributed by atoms with Crippen molar-refractivity contribution in [2.45, 2.75) is 163 Å². The van der Waals surface area contributed by atoms with E-state index in [1.165, 1.54) is 71.7 Å². The Bertz CT molecular complexity index is 4070. The number of aliphatic hydroxyl groups is 3. The number of allylic oxidation sites excluding steroid dienone is 4. The van der Waals surface area contributed by atoms with Gasteiger partial charge in [0.25, 0.3) is 0 Å². The number of hydrogen-bond donors (Lipinski definition) is 3. The van der Waals surface area contributed by atoms with E-state index in [1.807, 2.05) is 6.07 Å². The molecule has 3 N–H and O–H groups in total. The summed E-state index contributed by atoms with van der Waals surface area (Å²) in [6.45, 7) is 0.715. The number of rotatable bonds is 8. The number of carbonyl (C=O) groups excluding carboxylic acids is 2. The van der Waals surface area contributed by atoms with Crippen LogP contribution in [0.5, 0.6) is 5.75 Å². The van der Waals surface area contributed by atoms with Crippen molar-refractivity contribution in [3.8, 4) is 5.75 Å². The lowest BCUT2D eigenvalue weighted by atomic mass is 9.46. The van der Waals surface area contributed by atoms with Gasteiger partial charge in [-0.25, -0.2) is 9.59 Å². The topological polar surface area (TPSA) is 162 Å². The van der Waals surface area contributed by atoms with Crippen LogP contribution in [-0.4, -0.2) is 65.9 Å². The number of hydrogen-bond acceptors (Lipinski definition) is 11. The van der Waals surface area contributed by atoms with Crippen LogP contribution in [0.4, 0.5) is 0 Å². The average Bonchev–Trinajstić information content (AvgIpc) is 1.33. The summed E-state index contributed by atoms with van der Waals surface area (Å²) in [4.78, 5) is 46.9. The zero-order valence-corrected chi connectivity index (χ0v) is 51.8. The smallest absolute Gasteiger partial charge is 0.340 e. The monoisotopic (exact) mass is 1210 g/mol. The van der Waals surface area contributed by atoms with Gasteiger partial charge in [-0.3, -0.25) is 4.79 Å². The molecule has 6 aromatic rings. The predicted molar refractivity (Wildman–Crippen MR) is 344 cm³/mol. The Labute approximate surface area is 526 Å². The standard InChI is InChI=1S/C79H82O11/c1-45(42-81)56-26-21-46-18-19-50-38-49(46)32-36-77-34-9-35-78(68(77)41-62-58-14-5-3-10-47(58)23-30-65(62)77)74(89-75(56)84)73(71-67(90-78)31-29-61-63(43-82)70(76(85)88-72(61)71)52(33-37-80)44-86-2)87-69(83)40-53-39-51(22-27-57(50)53)59-15-8-17-66-60(59)28-25-55-13-7-12-54-24-20-48-11-4-6-16-64(48)79(54,55)66/h3-6,8-11,14-19,22-23,27,29-31,34,38,51-55,57,62,65,68,73-74,80-82H,7,12-13,20-21,24-26,28,32-33,35-37,39-44H2,1-2H3/b56-45-/t51-,52+,53-,54-,55-,57-,62+,65-,68-,73+,74-,77-,78-,79-/m0/s1. The van der Waals surface area contributed by atoms with Gasteiger partial charge in [0.1, 0.15) is 11.3 Å². The molecule has 0 saturated heterocycles. The van der Waals surface area contributed by atoms with Gasteiger partial charge < -0.3 is 38.7 Å². The number of methoxy groups -OCH3 is 1. The second-order valence-corrected chi connectivity index (χ2v) is 28.3. The fourth-order valence-electron chi connectivity index (χ4n) is 20.8. The molecule has 11 nitrogen and oxygen atoms in total. The fraction of sp³-hybridized carbons (Fsp3) is 0.456. The van der Waals surface area contributed by atoms with Crippen LogP contribution < -0.4 is 10.4 Å². The van der Waals surface area contributed by atoms with Gasteiger partial charge in [0, 0.05) is 77.6 Å². The number of carbonyl (C=O) groups is 2. The van der Waals surface area contributed by atoms with Gasteiger partial charge in [-0.05, 0) is 199 Å². The summed E-state index contributed by atoms with van der Waals surface area (Å²) in [6.07, 6.45) is 24.0. The first-order valence-electron chi connectivity index (χ1n) is 33.7. The molecule has 3 aliphatic heterocycles. The minimum Gasteiger partial charge on any atom is -0.482 e. The maximum absolute atomic E-state index is 16.2. The van der Waals surface area contributed by atoms with Gasteiger partial charge >= 0.3 is 17.6 Å². The molecule has 16 rings (SSSR count). The SMILES string of the molecule is COC[C@@H](CCO)c1c(CO)c2ccc3c(c2oc1=O)[C@H]1OC(=O)C[C@@H]2C[C@@H](c4cccc5c4CC[C@@H]4CCC[C@H]6CCc7ccccc7[C@]564)C=C[C@H]2c2ccc4c(c2)CC[C@]25C=CC[C@@](O3)([C@H]1OC(=O)/C(=C(/C)CO)CC4)[C@H]2C[C@@H]1c2ccccc2C=C[C@@H]15. The molecule has 7 aliphatic carbocycles. The minimum atomic E-state index is -1.38. The van der Waals surface area contributed by atoms with Gasteiger partial charge in [0.2, 0.25) is 0 Å². The molecule has 2 fully saturated rings. The normalized spacial score (nSPS) is 32.5. The first-order chi connectivity index (χ1) is 44.0. The van der Waals surface area contributed by atoms with E-state index < -0.39 is 53.3 Å². The molecule has 0 amide bonds. The summed E-state index contributed by atoms with van der Waals surface area (Å²) in [5.74, 6) is -0.751. The van der Waals surface area contributed by atoms with Crippen molar-refractivity contribution in [3.63, 3.8) is 0 Å². The second-order valence-electron chi connectivity index (χ2n) is 28.3. The molecule has 14 atom stereocenters. The Morgan fingerprint density at radius 2 is 1.60 bits per heavy atom. The van der Waals surface area contributed by atoms with Gasteiger partial charge in [0.15, 0.2) is 17.8 Å². The summed E-state index contributed by atoms with van der Waals surface area (Å²) < 4.78 is 34.5. The third-order valence-electron chi connectivity index (χ3n) is 24.5. The molecule has 0 unspecified atom stereocenters. The number of ether oxygens (including phenoxy) is 4. The first kappa shape index (κ1) is 58.0. The maximum atomic E-state index is 16.2. The molecule has 90 heavy (non-hydrogen) atoms. The largest absolute Gasteiger partial charge is 0.482 e. The lowest BCUT2D eigenvalue weighted by Gasteiger charge is -2.57. The first-order valence-corrected chi connectivity index (χ1v) is 33.7. The van der Waals surface area contributed by atoms with Crippen molar-refractivity contribution >= 4 is 29.0 Å². The van der Waals surface area contributed by atoms with Crippen molar-refractivity contribution in [3.05, 3.63) is 221 Å². The molecular weight excluding hydrogens is 1120 g/mol. The average molecular weight is 1210 g/mol. The molecule has 1 aromatic heterocycles. The zero-order valence-electron chi connectivity index (χ0n) is 51.8. The molecule has 5 aromatic carbocycles. The van der Waals surface area contributed by atoms with Crippen LogP contribution in [0.1, 0.15) is 186 Å². The molecule has 11 heteroatoms. The van der Waals surface area contributed by atoms with E-state index in [9.17, 15) is 20.1 Å². The van der Waals surface area contributed by atoms with Gasteiger partial charge in [-0.1, -0.05) is 128 Å². The molecule has 464 valence electrons. The van der Waals surface area contributed by atoms with E-state index in [2.05, 4.69) is 121 Å². The number of esters is 2. The molecule has 2 saturated carbocycles. The Morgan fingerprint density at radius 3 is 2.44 bits per heavy atom. The van der Waals surface area contributed by atoms with E-state index in [1.54, 1.807) is 18.6 Å². The molecular formula is C79H82O11. The highest BCUT2D eigenvalue weighted by atomic mass is 16.6. The Morgan fingerprint density at radius 1 is 0.778 bits per heavy atom. The molecule has 0 radical (unpaired) electrons. The number of benzene rings is 5. The minimum absolute atomic E-state index is 0.0194. The summed E-state index contributed by atoms with van der Waals surface area (Å²) in [5.41, 5.74) is 12.3. The Hall–Kier alpha value is -7.15. The number of aryl methyl sites for hydroxylation is 3. The summed E-state index contributed by atoms with van der Waals surface area (Å²) in [6, 6.07) is 35.7. The van der Waals surface area contributed by atoms with E-state index in [0.717, 1.165) is 43.2 Å². The molecule has 2 spiro atoms. The fourth-order valence-corrected chi connectivity index (χ4v) is 20.8. The summed E-state index contributed by atoms with van der Waals surface area (Å²) in [5, 5.41) is 33.0. The number of aliphatic hydroxyl groups excluding tert-OH is 3. The predicted octanol–water partition coefficient (Wildman–Crippen LogP) is 13.7. The van der Waals surface area contributed by atoms with Crippen LogP contribution in [0.25, 0.3) is 17.0 Å². The third-order valence-corrected chi connectivity index (χ3v) is 24.5. The third kappa shape index (κ3) is 8.74. The van der Waals surface area contributed by atoms with Crippen molar-refractivity contribution in [1.29, 1.82) is 0 Å².